The summed E-state index contributed by atoms with van der Waals surface area (Å²) in [5, 5.41) is 9.98. The standard InChI is InChI=1S/C19H16F3N3O3S/c1-12-5-4-6-13(9-12)27-10-17-24-25-18(28-17)29-11-16(26)23-15-8-3-2-7-14(15)19(20,21)22/h2-9H,10-11H2,1H3,(H,23,26). The van der Waals surface area contributed by atoms with Crippen molar-refractivity contribution in [3.63, 3.8) is 0 Å². The van der Waals surface area contributed by atoms with Crippen LogP contribution >= 0.6 is 11.8 Å². The van der Waals surface area contributed by atoms with Crippen molar-refractivity contribution >= 4 is 23.4 Å². The molecule has 0 saturated heterocycles. The third-order valence-electron chi connectivity index (χ3n) is 3.63. The molecular weight excluding hydrogens is 407 g/mol. The Kier molecular flexibility index (Phi) is 6.42. The van der Waals surface area contributed by atoms with Crippen LogP contribution in [-0.4, -0.2) is 21.9 Å². The molecule has 0 atom stereocenters. The second-order valence-electron chi connectivity index (χ2n) is 5.95. The van der Waals surface area contributed by atoms with E-state index in [0.717, 1.165) is 23.4 Å². The van der Waals surface area contributed by atoms with E-state index in [0.29, 0.717) is 5.75 Å². The lowest BCUT2D eigenvalue weighted by atomic mass is 10.1. The lowest BCUT2D eigenvalue weighted by molar-refractivity contribution is -0.137. The summed E-state index contributed by atoms with van der Waals surface area (Å²) < 4.78 is 49.8. The predicted molar refractivity (Wildman–Crippen MR) is 101 cm³/mol. The fourth-order valence-electron chi connectivity index (χ4n) is 2.36. The van der Waals surface area contributed by atoms with Crippen LogP contribution in [0.1, 0.15) is 17.0 Å². The lowest BCUT2D eigenvalue weighted by Crippen LogP contribution is -2.18. The molecule has 0 fully saturated rings. The van der Waals surface area contributed by atoms with Crippen LogP contribution in [0.3, 0.4) is 0 Å². The number of benzene rings is 2. The van der Waals surface area contributed by atoms with E-state index >= 15 is 0 Å². The van der Waals surface area contributed by atoms with Gasteiger partial charge >= 0.3 is 6.18 Å². The first kappa shape index (κ1) is 20.7. The number of hydrogen-bond donors (Lipinski definition) is 1. The van der Waals surface area contributed by atoms with Crippen LogP contribution < -0.4 is 10.1 Å². The van der Waals surface area contributed by atoms with Gasteiger partial charge in [-0.25, -0.2) is 0 Å². The van der Waals surface area contributed by atoms with Crippen molar-refractivity contribution < 1.29 is 27.1 Å². The molecule has 2 aromatic carbocycles. The van der Waals surface area contributed by atoms with E-state index in [1.54, 1.807) is 6.07 Å². The van der Waals surface area contributed by atoms with Crippen LogP contribution in [0.15, 0.2) is 58.2 Å². The SMILES string of the molecule is Cc1cccc(OCc2nnc(SCC(=O)Nc3ccccc3C(F)(F)F)o2)c1. The third-order valence-corrected chi connectivity index (χ3v) is 4.45. The van der Waals surface area contributed by atoms with Crippen molar-refractivity contribution in [1.29, 1.82) is 0 Å². The largest absolute Gasteiger partial charge is 0.484 e. The van der Waals surface area contributed by atoms with E-state index in [1.165, 1.54) is 18.2 Å². The van der Waals surface area contributed by atoms with Gasteiger partial charge in [0.1, 0.15) is 5.75 Å². The zero-order valence-electron chi connectivity index (χ0n) is 15.2. The van der Waals surface area contributed by atoms with E-state index in [9.17, 15) is 18.0 Å². The highest BCUT2D eigenvalue weighted by Gasteiger charge is 2.33. The Balaban J connectivity index is 1.51. The molecule has 0 radical (unpaired) electrons. The van der Waals surface area contributed by atoms with Gasteiger partial charge in [0.25, 0.3) is 11.1 Å². The van der Waals surface area contributed by atoms with Crippen molar-refractivity contribution in [1.82, 2.24) is 10.2 Å². The Labute approximate surface area is 168 Å². The summed E-state index contributed by atoms with van der Waals surface area (Å²) >= 11 is 0.917. The second kappa shape index (κ2) is 8.99. The molecule has 0 spiro atoms. The number of nitrogens with zero attached hydrogens (tertiary/aromatic N) is 2. The number of amides is 1. The van der Waals surface area contributed by atoms with Crippen molar-refractivity contribution in [2.45, 2.75) is 24.9 Å². The van der Waals surface area contributed by atoms with Crippen molar-refractivity contribution in [3.8, 4) is 5.75 Å². The van der Waals surface area contributed by atoms with Gasteiger partial charge in [0.05, 0.1) is 17.0 Å². The molecule has 0 aliphatic rings. The second-order valence-corrected chi connectivity index (χ2v) is 6.87. The molecule has 0 aliphatic heterocycles. The summed E-state index contributed by atoms with van der Waals surface area (Å²) in [5.74, 6) is 0.0615. The minimum atomic E-state index is -4.56. The molecule has 1 amide bonds. The van der Waals surface area contributed by atoms with Gasteiger partial charge in [0, 0.05) is 0 Å². The normalized spacial score (nSPS) is 11.3. The minimum absolute atomic E-state index is 0.0577. The average Bonchev–Trinajstić information content (AvgIpc) is 3.12. The first-order chi connectivity index (χ1) is 13.8. The molecular formula is C19H16F3N3O3S. The van der Waals surface area contributed by atoms with Gasteiger partial charge in [0.2, 0.25) is 5.91 Å². The maximum absolute atomic E-state index is 13.0. The number of hydrogen-bond acceptors (Lipinski definition) is 6. The van der Waals surface area contributed by atoms with Gasteiger partial charge in [-0.1, -0.05) is 36.0 Å². The molecule has 152 valence electrons. The fourth-order valence-corrected chi connectivity index (χ4v) is 2.94. The number of aryl methyl sites for hydroxylation is 1. The Morgan fingerprint density at radius 2 is 1.97 bits per heavy atom. The summed E-state index contributed by atoms with van der Waals surface area (Å²) in [7, 11) is 0. The van der Waals surface area contributed by atoms with Crippen LogP contribution in [0, 0.1) is 6.92 Å². The number of anilines is 1. The summed E-state index contributed by atoms with van der Waals surface area (Å²) in [6, 6.07) is 12.2. The Morgan fingerprint density at radius 3 is 2.72 bits per heavy atom. The number of aromatic nitrogens is 2. The molecule has 0 saturated carbocycles. The average molecular weight is 423 g/mol. The van der Waals surface area contributed by atoms with Crippen molar-refractivity contribution in [3.05, 3.63) is 65.5 Å². The number of thioether (sulfide) groups is 1. The highest BCUT2D eigenvalue weighted by molar-refractivity contribution is 7.99. The maximum Gasteiger partial charge on any atom is 0.418 e. The number of alkyl halides is 3. The fraction of sp³-hybridized carbons (Fsp3) is 0.211. The quantitative estimate of drug-likeness (QED) is 0.555. The minimum Gasteiger partial charge on any atom is -0.484 e. The van der Waals surface area contributed by atoms with Gasteiger partial charge in [0.15, 0.2) is 6.61 Å². The molecule has 1 aromatic heterocycles. The molecule has 0 unspecified atom stereocenters. The number of nitrogens with one attached hydrogen (secondary N) is 1. The number of carbonyl (C=O) groups is 1. The smallest absolute Gasteiger partial charge is 0.418 e. The Hall–Kier alpha value is -3.01. The topological polar surface area (TPSA) is 77.2 Å². The Morgan fingerprint density at radius 1 is 1.17 bits per heavy atom. The summed E-state index contributed by atoms with van der Waals surface area (Å²) in [4.78, 5) is 12.0. The van der Waals surface area contributed by atoms with Gasteiger partial charge in [-0.2, -0.15) is 13.2 Å². The number of carbonyl (C=O) groups excluding carboxylic acids is 1. The van der Waals surface area contributed by atoms with Crippen LogP contribution in [0.4, 0.5) is 18.9 Å². The summed E-state index contributed by atoms with van der Waals surface area (Å²) in [6.45, 7) is 1.99. The van der Waals surface area contributed by atoms with Crippen LogP contribution in [0.5, 0.6) is 5.75 Å². The van der Waals surface area contributed by atoms with E-state index in [4.69, 9.17) is 9.15 Å². The van der Waals surface area contributed by atoms with Gasteiger partial charge < -0.3 is 14.5 Å². The highest BCUT2D eigenvalue weighted by Crippen LogP contribution is 2.34. The zero-order valence-corrected chi connectivity index (χ0v) is 16.0. The molecule has 10 heteroatoms. The lowest BCUT2D eigenvalue weighted by Gasteiger charge is -2.13. The number of halogens is 3. The van der Waals surface area contributed by atoms with E-state index in [-0.39, 0.29) is 29.2 Å². The van der Waals surface area contributed by atoms with Crippen LogP contribution in [0.2, 0.25) is 0 Å². The van der Waals surface area contributed by atoms with E-state index in [1.807, 2.05) is 25.1 Å². The summed E-state index contributed by atoms with van der Waals surface area (Å²) in [6.07, 6.45) is -4.56. The summed E-state index contributed by atoms with van der Waals surface area (Å²) in [5.41, 5.74) is -0.169. The van der Waals surface area contributed by atoms with Gasteiger partial charge in [-0.15, -0.1) is 10.2 Å². The maximum atomic E-state index is 13.0. The number of para-hydroxylation sites is 1. The molecule has 29 heavy (non-hydrogen) atoms. The zero-order chi connectivity index (χ0) is 20.9. The van der Waals surface area contributed by atoms with Gasteiger partial charge in [-0.05, 0) is 36.8 Å². The molecule has 1 N–H and O–H groups in total. The number of rotatable bonds is 7. The van der Waals surface area contributed by atoms with Crippen molar-refractivity contribution in [2.75, 3.05) is 11.1 Å². The van der Waals surface area contributed by atoms with Gasteiger partial charge in [-0.3, -0.25) is 4.79 Å². The molecule has 0 aliphatic carbocycles. The Bertz CT molecular complexity index is 992. The predicted octanol–water partition coefficient (Wildman–Crippen LogP) is 4.71. The number of ether oxygens (including phenoxy) is 1. The van der Waals surface area contributed by atoms with E-state index < -0.39 is 17.6 Å². The molecule has 0 bridgehead atoms. The first-order valence-corrected chi connectivity index (χ1v) is 9.40. The third kappa shape index (κ3) is 5.98. The van der Waals surface area contributed by atoms with Crippen molar-refractivity contribution in [2.24, 2.45) is 0 Å². The monoisotopic (exact) mass is 423 g/mol. The highest BCUT2D eigenvalue weighted by atomic mass is 32.2. The van der Waals surface area contributed by atoms with Crippen LogP contribution in [-0.2, 0) is 17.6 Å². The molecule has 3 rings (SSSR count). The van der Waals surface area contributed by atoms with Crippen LogP contribution in [0.25, 0.3) is 0 Å². The molecule has 1 heterocycles. The van der Waals surface area contributed by atoms with E-state index in [2.05, 4.69) is 15.5 Å². The molecule has 3 aromatic rings. The first-order valence-electron chi connectivity index (χ1n) is 8.42. The molecule has 6 nitrogen and oxygen atoms in total.